The molecule has 0 aliphatic carbocycles. The predicted octanol–water partition coefficient (Wildman–Crippen LogP) is 9.86. The Hall–Kier alpha value is -1.77. The van der Waals surface area contributed by atoms with E-state index in [4.69, 9.17) is 13.6 Å². The summed E-state index contributed by atoms with van der Waals surface area (Å²) in [5.74, 6) is 2.97. The zero-order chi connectivity index (χ0) is 30.9. The fourth-order valence-corrected chi connectivity index (χ4v) is 16.6. The van der Waals surface area contributed by atoms with Gasteiger partial charge in [-0.25, -0.2) is 0 Å². The highest BCUT2D eigenvalue weighted by molar-refractivity contribution is 7.78. The van der Waals surface area contributed by atoms with Crippen molar-refractivity contribution in [2.75, 3.05) is 19.6 Å². The number of hydrogen-bond acceptors (Lipinski definition) is 6. The van der Waals surface area contributed by atoms with Crippen molar-refractivity contribution >= 4 is 25.3 Å². The Morgan fingerprint density at radius 3 is 0.762 bits per heavy atom. The summed E-state index contributed by atoms with van der Waals surface area (Å²) in [6, 6.07) is 13.3. The first kappa shape index (κ1) is 33.1. The van der Waals surface area contributed by atoms with E-state index in [9.17, 15) is 0 Å². The molecule has 0 unspecified atom stereocenters. The van der Waals surface area contributed by atoms with Crippen LogP contribution in [0.3, 0.4) is 0 Å². The molecule has 0 spiro atoms. The molecule has 3 aromatic carbocycles. The summed E-state index contributed by atoms with van der Waals surface area (Å²) in [4.78, 5) is 0. The van der Waals surface area contributed by atoms with E-state index < -0.39 is 25.3 Å². The molecule has 42 heavy (non-hydrogen) atoms. The van der Waals surface area contributed by atoms with E-state index in [-0.39, 0.29) is 0 Å². The van der Waals surface area contributed by atoms with Gasteiger partial charge in [0.05, 0.1) is 19.6 Å². The Morgan fingerprint density at radius 1 is 0.405 bits per heavy atom. The Kier molecular flexibility index (Phi) is 11.0. The molecule has 6 nitrogen and oxygen atoms in total. The van der Waals surface area contributed by atoms with Crippen LogP contribution in [0.1, 0.15) is 70.8 Å². The van der Waals surface area contributed by atoms with Crippen molar-refractivity contribution in [1.82, 2.24) is 13.3 Å². The van der Waals surface area contributed by atoms with E-state index in [0.29, 0.717) is 0 Å². The van der Waals surface area contributed by atoms with Crippen molar-refractivity contribution in [1.29, 1.82) is 0 Å². The molecule has 3 aromatic rings. The second-order valence-electron chi connectivity index (χ2n) is 11.6. The first-order valence-electron chi connectivity index (χ1n) is 15.1. The van der Waals surface area contributed by atoms with Gasteiger partial charge in [-0.15, -0.1) is 0 Å². The van der Waals surface area contributed by atoms with Crippen LogP contribution in [0.15, 0.2) is 36.4 Å². The number of nitrogens with zero attached hydrogens (tertiary/aromatic N) is 3. The summed E-state index contributed by atoms with van der Waals surface area (Å²) in [6.07, 6.45) is 0. The molecule has 0 radical (unpaired) electrons. The molecule has 1 aliphatic heterocycles. The van der Waals surface area contributed by atoms with Gasteiger partial charge in [-0.1, -0.05) is 53.1 Å². The highest BCUT2D eigenvalue weighted by Crippen LogP contribution is 2.77. The molecule has 4 rings (SSSR count). The molecular weight excluding hydrogens is 579 g/mol. The lowest BCUT2D eigenvalue weighted by atomic mass is 10.1. The average molecular weight is 631 g/mol. The first-order valence-corrected chi connectivity index (χ1v) is 19.0. The SMILES string of the molecule is CCN1[PH+](Oc2c(C)cc(C)cc2C)N(CC)[PH+](Oc2c(C)cc(C)cc2C)N(CC)[PH+]1Oc1c(C)cc(C)cc1C. The molecule has 9 heteroatoms. The molecule has 228 valence electrons. The van der Waals surface area contributed by atoms with E-state index in [0.717, 1.165) is 36.9 Å². The van der Waals surface area contributed by atoms with Crippen molar-refractivity contribution < 1.29 is 13.6 Å². The molecule has 1 aliphatic rings. The largest absolute Gasteiger partial charge is 0.399 e. The number of rotatable bonds is 9. The van der Waals surface area contributed by atoms with Crippen LogP contribution < -0.4 is 13.6 Å². The summed E-state index contributed by atoms with van der Waals surface area (Å²) in [5, 5.41) is 0. The van der Waals surface area contributed by atoms with Gasteiger partial charge < -0.3 is 13.6 Å². The molecule has 0 bridgehead atoms. The van der Waals surface area contributed by atoms with Crippen LogP contribution in [-0.2, 0) is 0 Å². The van der Waals surface area contributed by atoms with Crippen LogP contribution in [-0.4, -0.2) is 33.0 Å². The maximum absolute atomic E-state index is 7.18. The second kappa shape index (κ2) is 13.9. The summed E-state index contributed by atoms with van der Waals surface area (Å²) in [7, 11) is -5.14. The fraction of sp³-hybridized carbons (Fsp3) is 0.455. The minimum absolute atomic E-state index is 0.835. The molecule has 1 fully saturated rings. The maximum atomic E-state index is 7.18. The van der Waals surface area contributed by atoms with Crippen LogP contribution in [0, 0.1) is 62.3 Å². The van der Waals surface area contributed by atoms with E-state index in [2.05, 4.69) is 133 Å². The zero-order valence-corrected chi connectivity index (χ0v) is 30.7. The molecule has 1 heterocycles. The summed E-state index contributed by atoms with van der Waals surface area (Å²) < 4.78 is 29.2. The lowest BCUT2D eigenvalue weighted by molar-refractivity contribution is 0.388. The molecule has 0 saturated carbocycles. The van der Waals surface area contributed by atoms with Crippen LogP contribution in [0.25, 0.3) is 0 Å². The van der Waals surface area contributed by atoms with Crippen LogP contribution in [0.4, 0.5) is 0 Å². The summed E-state index contributed by atoms with van der Waals surface area (Å²) in [6.45, 7) is 28.6. The minimum Gasteiger partial charge on any atom is -0.307 e. The van der Waals surface area contributed by atoms with E-state index in [1.807, 2.05) is 0 Å². The van der Waals surface area contributed by atoms with Crippen LogP contribution in [0.5, 0.6) is 17.2 Å². The van der Waals surface area contributed by atoms with Crippen molar-refractivity contribution in [3.8, 4) is 17.2 Å². The maximum Gasteiger partial charge on any atom is 0.399 e. The van der Waals surface area contributed by atoms with Gasteiger partial charge in [0.25, 0.3) is 0 Å². The number of benzene rings is 3. The van der Waals surface area contributed by atoms with Gasteiger partial charge >= 0.3 is 25.3 Å². The van der Waals surface area contributed by atoms with Crippen LogP contribution in [0.2, 0.25) is 0 Å². The van der Waals surface area contributed by atoms with Gasteiger partial charge in [0.2, 0.25) is 0 Å². The van der Waals surface area contributed by atoms with Gasteiger partial charge in [-0.2, -0.15) is 0 Å². The Labute approximate surface area is 258 Å². The Bertz CT molecular complexity index is 1180. The third-order valence-electron chi connectivity index (χ3n) is 7.73. The van der Waals surface area contributed by atoms with Crippen LogP contribution >= 0.6 is 25.3 Å². The topological polar surface area (TPSA) is 37.4 Å². The zero-order valence-electron chi connectivity index (χ0n) is 27.7. The van der Waals surface area contributed by atoms with Gasteiger partial charge in [0.15, 0.2) is 17.2 Å². The molecule has 1 saturated heterocycles. The Balaban J connectivity index is 1.87. The van der Waals surface area contributed by atoms with Gasteiger partial charge in [0, 0.05) is 13.3 Å². The first-order chi connectivity index (χ1) is 19.9. The standard InChI is InChI=1S/C33H48N3O3P3/c1-13-34-40(37-31-25(7)16-22(4)17-26(31)8)35(14-2)42(39-33-29(11)20-24(6)21-30(33)12)36(15-3)41(34)38-32-27(9)18-23(5)19-28(32)10/h16-21H,13-15H2,1-12H3/p+3. The highest BCUT2D eigenvalue weighted by atomic mass is 31.3. The number of aryl methyl sites for hydroxylation is 9. The lowest BCUT2D eigenvalue weighted by Crippen LogP contribution is -2.40. The highest BCUT2D eigenvalue weighted by Gasteiger charge is 2.68. The molecular formula is C33H51N3O3P3+3. The second-order valence-corrected chi connectivity index (χ2v) is 18.5. The number of hydrogen-bond donors (Lipinski definition) is 0. The van der Waals surface area contributed by atoms with E-state index >= 15 is 0 Å². The van der Waals surface area contributed by atoms with Gasteiger partial charge in [-0.05, 0) is 116 Å². The van der Waals surface area contributed by atoms with Crippen molar-refractivity contribution in [2.45, 2.75) is 83.1 Å². The molecule has 0 atom stereocenters. The normalized spacial score (nSPS) is 20.1. The van der Waals surface area contributed by atoms with Crippen molar-refractivity contribution in [3.05, 3.63) is 86.5 Å². The summed E-state index contributed by atoms with van der Waals surface area (Å²) in [5.41, 5.74) is 10.8. The monoisotopic (exact) mass is 630 g/mol. The van der Waals surface area contributed by atoms with Gasteiger partial charge in [0.1, 0.15) is 0 Å². The lowest BCUT2D eigenvalue weighted by Gasteiger charge is -2.37. The fourth-order valence-electron chi connectivity index (χ4n) is 6.08. The molecule has 0 amide bonds. The third kappa shape index (κ3) is 6.81. The van der Waals surface area contributed by atoms with Crippen molar-refractivity contribution in [3.63, 3.8) is 0 Å². The smallest absolute Gasteiger partial charge is 0.307 e. The molecule has 0 N–H and O–H groups in total. The summed E-state index contributed by atoms with van der Waals surface area (Å²) >= 11 is 0. The van der Waals surface area contributed by atoms with Gasteiger partial charge in [-0.3, -0.25) is 0 Å². The third-order valence-corrected chi connectivity index (χ3v) is 17.0. The van der Waals surface area contributed by atoms with Crippen molar-refractivity contribution in [2.24, 2.45) is 0 Å². The van der Waals surface area contributed by atoms with E-state index in [1.165, 1.54) is 50.1 Å². The average Bonchev–Trinajstić information content (AvgIpc) is 2.89. The van der Waals surface area contributed by atoms with E-state index in [1.54, 1.807) is 0 Å². The molecule has 0 aromatic heterocycles. The Morgan fingerprint density at radius 2 is 0.595 bits per heavy atom. The quantitative estimate of drug-likeness (QED) is 0.219. The predicted molar refractivity (Wildman–Crippen MR) is 186 cm³/mol. The minimum atomic E-state index is -1.71.